The predicted octanol–water partition coefficient (Wildman–Crippen LogP) is 2.05. The van der Waals surface area contributed by atoms with Gasteiger partial charge in [-0.15, -0.1) is 0 Å². The molecule has 0 radical (unpaired) electrons. The number of aromatic nitrogens is 2. The van der Waals surface area contributed by atoms with Crippen LogP contribution in [0.1, 0.15) is 11.5 Å². The molecular formula is C12H12FN3. The summed E-state index contributed by atoms with van der Waals surface area (Å²) < 4.78 is 13.6. The highest BCUT2D eigenvalue weighted by Crippen LogP contribution is 2.20. The van der Waals surface area contributed by atoms with Crippen molar-refractivity contribution in [1.29, 1.82) is 0 Å². The zero-order valence-electron chi connectivity index (χ0n) is 8.94. The maximum atomic E-state index is 13.6. The van der Waals surface area contributed by atoms with E-state index in [1.165, 1.54) is 6.07 Å². The molecule has 0 saturated carbocycles. The fourth-order valence-electron chi connectivity index (χ4n) is 1.54. The van der Waals surface area contributed by atoms with Crippen LogP contribution in [0.2, 0.25) is 0 Å². The summed E-state index contributed by atoms with van der Waals surface area (Å²) >= 11 is 0. The van der Waals surface area contributed by atoms with Crippen LogP contribution in [0.3, 0.4) is 0 Å². The summed E-state index contributed by atoms with van der Waals surface area (Å²) in [6.07, 6.45) is 0. The molecule has 0 bridgehead atoms. The summed E-state index contributed by atoms with van der Waals surface area (Å²) in [5.41, 5.74) is 7.28. The summed E-state index contributed by atoms with van der Waals surface area (Å²) in [6, 6.07) is 8.24. The number of hydrogen-bond acceptors (Lipinski definition) is 3. The van der Waals surface area contributed by atoms with Crippen molar-refractivity contribution >= 4 is 0 Å². The van der Waals surface area contributed by atoms with E-state index in [1.54, 1.807) is 31.2 Å². The first-order chi connectivity index (χ1) is 7.70. The second kappa shape index (κ2) is 4.37. The van der Waals surface area contributed by atoms with Crippen LogP contribution in [0.4, 0.5) is 4.39 Å². The van der Waals surface area contributed by atoms with Gasteiger partial charge in [0.25, 0.3) is 0 Å². The van der Waals surface area contributed by atoms with Crippen LogP contribution in [-0.2, 0) is 6.54 Å². The van der Waals surface area contributed by atoms with Gasteiger partial charge in [0.1, 0.15) is 11.6 Å². The molecule has 0 fully saturated rings. The molecule has 0 atom stereocenters. The van der Waals surface area contributed by atoms with Gasteiger partial charge in [-0.25, -0.2) is 14.4 Å². The Morgan fingerprint density at radius 1 is 1.25 bits per heavy atom. The summed E-state index contributed by atoms with van der Waals surface area (Å²) in [4.78, 5) is 8.36. The SMILES string of the molecule is Cc1nc(CN)cc(-c2ccccc2F)n1. The first-order valence-corrected chi connectivity index (χ1v) is 5.00. The lowest BCUT2D eigenvalue weighted by Crippen LogP contribution is -2.03. The van der Waals surface area contributed by atoms with E-state index in [0.717, 1.165) is 0 Å². The smallest absolute Gasteiger partial charge is 0.132 e. The molecule has 2 rings (SSSR count). The molecule has 4 heteroatoms. The minimum absolute atomic E-state index is 0.288. The third kappa shape index (κ3) is 2.06. The maximum Gasteiger partial charge on any atom is 0.132 e. The second-order valence-electron chi connectivity index (χ2n) is 3.48. The van der Waals surface area contributed by atoms with Gasteiger partial charge in [0.05, 0.1) is 11.4 Å². The topological polar surface area (TPSA) is 51.8 Å². The molecule has 0 saturated heterocycles. The Balaban J connectivity index is 2.56. The molecule has 0 aliphatic heterocycles. The molecule has 2 N–H and O–H groups in total. The molecule has 1 aromatic carbocycles. The van der Waals surface area contributed by atoms with E-state index in [4.69, 9.17) is 5.73 Å². The highest BCUT2D eigenvalue weighted by molar-refractivity contribution is 5.60. The number of nitrogens with zero attached hydrogens (tertiary/aromatic N) is 2. The van der Waals surface area contributed by atoms with Crippen molar-refractivity contribution in [3.63, 3.8) is 0 Å². The van der Waals surface area contributed by atoms with E-state index in [1.807, 2.05) is 0 Å². The van der Waals surface area contributed by atoms with Crippen molar-refractivity contribution in [2.24, 2.45) is 5.73 Å². The summed E-state index contributed by atoms with van der Waals surface area (Å²) in [5, 5.41) is 0. The molecule has 1 aromatic heterocycles. The number of aryl methyl sites for hydroxylation is 1. The Bertz CT molecular complexity index is 511. The summed E-state index contributed by atoms with van der Waals surface area (Å²) in [5.74, 6) is 0.310. The van der Waals surface area contributed by atoms with Crippen LogP contribution in [0.25, 0.3) is 11.3 Å². The molecular weight excluding hydrogens is 205 g/mol. The standard InChI is InChI=1S/C12H12FN3/c1-8-15-9(7-14)6-12(16-8)10-4-2-3-5-11(10)13/h2-6H,7,14H2,1H3. The molecule has 2 aromatic rings. The molecule has 0 amide bonds. The Morgan fingerprint density at radius 3 is 2.69 bits per heavy atom. The van der Waals surface area contributed by atoms with Crippen molar-refractivity contribution in [3.8, 4) is 11.3 Å². The first-order valence-electron chi connectivity index (χ1n) is 5.00. The van der Waals surface area contributed by atoms with Gasteiger partial charge < -0.3 is 5.73 Å². The lowest BCUT2D eigenvalue weighted by atomic mass is 10.1. The van der Waals surface area contributed by atoms with Gasteiger partial charge in [-0.05, 0) is 25.1 Å². The molecule has 1 heterocycles. The van der Waals surface area contributed by atoms with Gasteiger partial charge in [-0.2, -0.15) is 0 Å². The van der Waals surface area contributed by atoms with Gasteiger partial charge in [-0.1, -0.05) is 12.1 Å². The van der Waals surface area contributed by atoms with Crippen LogP contribution >= 0.6 is 0 Å². The van der Waals surface area contributed by atoms with Gasteiger partial charge in [-0.3, -0.25) is 0 Å². The van der Waals surface area contributed by atoms with E-state index in [2.05, 4.69) is 9.97 Å². The van der Waals surface area contributed by atoms with Crippen LogP contribution in [-0.4, -0.2) is 9.97 Å². The Labute approximate surface area is 93.2 Å². The van der Waals surface area contributed by atoms with E-state index < -0.39 is 0 Å². The van der Waals surface area contributed by atoms with Gasteiger partial charge in [0, 0.05) is 12.1 Å². The highest BCUT2D eigenvalue weighted by Gasteiger charge is 2.07. The van der Waals surface area contributed by atoms with Crippen LogP contribution in [0.5, 0.6) is 0 Å². The zero-order valence-corrected chi connectivity index (χ0v) is 8.94. The van der Waals surface area contributed by atoms with Gasteiger partial charge >= 0.3 is 0 Å². The van der Waals surface area contributed by atoms with Crippen molar-refractivity contribution in [3.05, 3.63) is 47.7 Å². The average molecular weight is 217 g/mol. The van der Waals surface area contributed by atoms with Crippen LogP contribution in [0.15, 0.2) is 30.3 Å². The van der Waals surface area contributed by atoms with Crippen molar-refractivity contribution in [2.45, 2.75) is 13.5 Å². The average Bonchev–Trinajstić information content (AvgIpc) is 2.28. The molecule has 0 unspecified atom stereocenters. The zero-order chi connectivity index (χ0) is 11.5. The fourth-order valence-corrected chi connectivity index (χ4v) is 1.54. The lowest BCUT2D eigenvalue weighted by Gasteiger charge is -2.05. The van der Waals surface area contributed by atoms with E-state index >= 15 is 0 Å². The Hall–Kier alpha value is -1.81. The molecule has 3 nitrogen and oxygen atoms in total. The van der Waals surface area contributed by atoms with Crippen LogP contribution < -0.4 is 5.73 Å². The second-order valence-corrected chi connectivity index (χ2v) is 3.48. The van der Waals surface area contributed by atoms with Crippen molar-refractivity contribution in [1.82, 2.24) is 9.97 Å². The van der Waals surface area contributed by atoms with Gasteiger partial charge in [0.2, 0.25) is 0 Å². The molecule has 0 spiro atoms. The number of hydrogen-bond donors (Lipinski definition) is 1. The van der Waals surface area contributed by atoms with Gasteiger partial charge in [0.15, 0.2) is 0 Å². The molecule has 0 aliphatic carbocycles. The molecule has 0 aliphatic rings. The Morgan fingerprint density at radius 2 is 2.00 bits per heavy atom. The number of nitrogens with two attached hydrogens (primary N) is 1. The fraction of sp³-hybridized carbons (Fsp3) is 0.167. The molecule has 16 heavy (non-hydrogen) atoms. The lowest BCUT2D eigenvalue weighted by molar-refractivity contribution is 0.630. The normalized spacial score (nSPS) is 10.4. The molecule has 82 valence electrons. The van der Waals surface area contributed by atoms with Crippen LogP contribution in [0, 0.1) is 12.7 Å². The minimum atomic E-state index is -0.288. The first kappa shape index (κ1) is 10.7. The number of halogens is 1. The Kier molecular flexibility index (Phi) is 2.92. The third-order valence-corrected chi connectivity index (χ3v) is 2.25. The van der Waals surface area contributed by atoms with E-state index in [9.17, 15) is 4.39 Å². The van der Waals surface area contributed by atoms with Crippen molar-refractivity contribution in [2.75, 3.05) is 0 Å². The van der Waals surface area contributed by atoms with E-state index in [-0.39, 0.29) is 5.82 Å². The third-order valence-electron chi connectivity index (χ3n) is 2.25. The predicted molar refractivity (Wildman–Crippen MR) is 60.1 cm³/mol. The summed E-state index contributed by atoms with van der Waals surface area (Å²) in [7, 11) is 0. The monoisotopic (exact) mass is 217 g/mol. The largest absolute Gasteiger partial charge is 0.325 e. The van der Waals surface area contributed by atoms with Crippen molar-refractivity contribution < 1.29 is 4.39 Å². The maximum absolute atomic E-state index is 13.6. The number of rotatable bonds is 2. The summed E-state index contributed by atoms with van der Waals surface area (Å²) in [6.45, 7) is 2.09. The van der Waals surface area contributed by atoms with E-state index in [0.29, 0.717) is 29.3 Å². The number of benzene rings is 1. The highest BCUT2D eigenvalue weighted by atomic mass is 19.1. The quantitative estimate of drug-likeness (QED) is 0.837. The minimum Gasteiger partial charge on any atom is -0.325 e.